The number of aliphatic imine (C=N–C) groups is 1. The van der Waals surface area contributed by atoms with Crippen LogP contribution in [-0.2, 0) is 10.3 Å². The molecule has 3 unspecified atom stereocenters. The topological polar surface area (TPSA) is 29.4 Å². The summed E-state index contributed by atoms with van der Waals surface area (Å²) in [6, 6.07) is 8.44. The predicted octanol–water partition coefficient (Wildman–Crippen LogP) is 3.69. The highest BCUT2D eigenvalue weighted by atomic mass is 16.1. The fourth-order valence-electron chi connectivity index (χ4n) is 3.66. The summed E-state index contributed by atoms with van der Waals surface area (Å²) in [5, 5.41) is 0. The van der Waals surface area contributed by atoms with E-state index in [0.29, 0.717) is 11.8 Å². The molecule has 1 aromatic carbocycles. The third kappa shape index (κ3) is 1.49. The van der Waals surface area contributed by atoms with Crippen molar-refractivity contribution in [1.29, 1.82) is 0 Å². The van der Waals surface area contributed by atoms with Gasteiger partial charge in [0.25, 0.3) is 0 Å². The van der Waals surface area contributed by atoms with Crippen molar-refractivity contribution in [2.24, 2.45) is 10.9 Å². The normalized spacial score (nSPS) is 33.2. The summed E-state index contributed by atoms with van der Waals surface area (Å²) in [6.07, 6.45) is 9.16. The minimum Gasteiger partial charge on any atom is -0.211 e. The van der Waals surface area contributed by atoms with E-state index in [1.54, 1.807) is 0 Å². The van der Waals surface area contributed by atoms with Crippen molar-refractivity contribution in [3.05, 3.63) is 47.5 Å². The molecule has 2 aliphatic rings. The molecule has 2 aliphatic carbocycles. The van der Waals surface area contributed by atoms with E-state index in [0.717, 1.165) is 19.3 Å². The molecule has 0 saturated heterocycles. The second kappa shape index (κ2) is 4.22. The van der Waals surface area contributed by atoms with Gasteiger partial charge >= 0.3 is 0 Å². The number of rotatable bonds is 1. The van der Waals surface area contributed by atoms with E-state index in [1.165, 1.54) is 11.1 Å². The maximum absolute atomic E-state index is 10.9. The number of hydrogen-bond donors (Lipinski definition) is 0. The van der Waals surface area contributed by atoms with Crippen LogP contribution in [0, 0.1) is 5.92 Å². The van der Waals surface area contributed by atoms with Crippen molar-refractivity contribution >= 4 is 6.08 Å². The van der Waals surface area contributed by atoms with Gasteiger partial charge in [-0.3, -0.25) is 0 Å². The molecule has 2 heteroatoms. The van der Waals surface area contributed by atoms with Crippen molar-refractivity contribution in [1.82, 2.24) is 0 Å². The minimum atomic E-state index is -0.348. The molecule has 0 N–H and O–H groups in total. The van der Waals surface area contributed by atoms with Crippen LogP contribution in [0.4, 0.5) is 0 Å². The second-order valence-electron chi connectivity index (χ2n) is 5.46. The van der Waals surface area contributed by atoms with E-state index in [2.05, 4.69) is 42.3 Å². The van der Waals surface area contributed by atoms with Crippen LogP contribution < -0.4 is 0 Å². The molecular formula is C16H17NO. The molecule has 18 heavy (non-hydrogen) atoms. The minimum absolute atomic E-state index is 0.348. The summed E-state index contributed by atoms with van der Waals surface area (Å²) in [6.45, 7) is 2.27. The molecule has 2 nitrogen and oxygen atoms in total. The summed E-state index contributed by atoms with van der Waals surface area (Å²) in [4.78, 5) is 15.2. The molecule has 1 aromatic rings. The number of carbonyl (C=O) groups excluding carboxylic acids is 1. The summed E-state index contributed by atoms with van der Waals surface area (Å²) in [5.41, 5.74) is 2.24. The highest BCUT2D eigenvalue weighted by Crippen LogP contribution is 2.52. The van der Waals surface area contributed by atoms with Crippen LogP contribution in [0.15, 0.2) is 41.4 Å². The van der Waals surface area contributed by atoms with Crippen LogP contribution in [-0.4, -0.2) is 6.08 Å². The van der Waals surface area contributed by atoms with Gasteiger partial charge in [-0.2, -0.15) is 4.99 Å². The Morgan fingerprint density at radius 3 is 3.00 bits per heavy atom. The molecule has 0 heterocycles. The fraction of sp³-hybridized carbons (Fsp3) is 0.438. The van der Waals surface area contributed by atoms with E-state index in [9.17, 15) is 4.79 Å². The molecule has 0 spiro atoms. The number of allylic oxidation sites excluding steroid dienone is 1. The molecule has 3 atom stereocenters. The molecule has 0 radical (unpaired) electrons. The zero-order valence-corrected chi connectivity index (χ0v) is 10.6. The van der Waals surface area contributed by atoms with Gasteiger partial charge in [-0.15, -0.1) is 0 Å². The Bertz CT molecular complexity index is 542. The Labute approximate surface area is 107 Å². The van der Waals surface area contributed by atoms with Crippen molar-refractivity contribution in [3.8, 4) is 0 Å². The van der Waals surface area contributed by atoms with Gasteiger partial charge in [-0.1, -0.05) is 43.3 Å². The fourth-order valence-corrected chi connectivity index (χ4v) is 3.66. The molecule has 3 rings (SSSR count). The molecule has 92 valence electrons. The largest absolute Gasteiger partial charge is 0.235 e. The van der Waals surface area contributed by atoms with E-state index < -0.39 is 0 Å². The maximum atomic E-state index is 10.9. The summed E-state index contributed by atoms with van der Waals surface area (Å²) in [7, 11) is 0. The lowest BCUT2D eigenvalue weighted by Crippen LogP contribution is -2.40. The molecule has 0 bridgehead atoms. The highest BCUT2D eigenvalue weighted by molar-refractivity contribution is 5.46. The Morgan fingerprint density at radius 2 is 2.17 bits per heavy atom. The third-order valence-electron chi connectivity index (χ3n) is 4.53. The smallest absolute Gasteiger partial charge is 0.211 e. The Kier molecular flexibility index (Phi) is 2.68. The first kappa shape index (κ1) is 11.4. The standard InChI is InChI=1S/C16H17NO/c1-12-10-13-6-4-5-9-16(13,17-11-18)15-8-3-2-7-14(12)15/h2-5,7-8,12-13H,6,9-10H2,1H3. The van der Waals surface area contributed by atoms with E-state index >= 15 is 0 Å². The number of nitrogens with zero attached hydrogens (tertiary/aromatic N) is 1. The number of fused-ring (bicyclic) bond motifs is 3. The molecule has 0 saturated carbocycles. The van der Waals surface area contributed by atoms with Gasteiger partial charge in [-0.05, 0) is 42.2 Å². The Hall–Kier alpha value is -1.66. The number of isocyanates is 1. The van der Waals surface area contributed by atoms with E-state index in [4.69, 9.17) is 0 Å². The third-order valence-corrected chi connectivity index (χ3v) is 4.53. The van der Waals surface area contributed by atoms with Crippen molar-refractivity contribution in [2.45, 2.75) is 37.6 Å². The SMILES string of the molecule is CC1CC2CC=CCC2(N=C=O)c2ccccc21. The Balaban J connectivity index is 2.24. The monoisotopic (exact) mass is 239 g/mol. The van der Waals surface area contributed by atoms with Crippen molar-refractivity contribution in [3.63, 3.8) is 0 Å². The zero-order chi connectivity index (χ0) is 12.6. The lowest BCUT2D eigenvalue weighted by molar-refractivity contribution is 0.219. The van der Waals surface area contributed by atoms with E-state index in [1.807, 2.05) is 12.1 Å². The van der Waals surface area contributed by atoms with Crippen LogP contribution in [0.25, 0.3) is 0 Å². The summed E-state index contributed by atoms with van der Waals surface area (Å²) < 4.78 is 0. The van der Waals surface area contributed by atoms with Gasteiger partial charge in [-0.25, -0.2) is 4.79 Å². The molecule has 0 fully saturated rings. The number of benzene rings is 1. The molecular weight excluding hydrogens is 222 g/mol. The first-order chi connectivity index (χ1) is 8.78. The predicted molar refractivity (Wildman–Crippen MR) is 71.1 cm³/mol. The van der Waals surface area contributed by atoms with Crippen LogP contribution >= 0.6 is 0 Å². The van der Waals surface area contributed by atoms with Crippen LogP contribution in [0.3, 0.4) is 0 Å². The van der Waals surface area contributed by atoms with Gasteiger partial charge < -0.3 is 0 Å². The summed E-state index contributed by atoms with van der Waals surface area (Å²) >= 11 is 0. The van der Waals surface area contributed by atoms with E-state index in [-0.39, 0.29) is 5.54 Å². The maximum Gasteiger partial charge on any atom is 0.235 e. The van der Waals surface area contributed by atoms with Crippen molar-refractivity contribution < 1.29 is 4.79 Å². The molecule has 0 aliphatic heterocycles. The first-order valence-corrected chi connectivity index (χ1v) is 6.61. The quantitative estimate of drug-likeness (QED) is 0.417. The average molecular weight is 239 g/mol. The van der Waals surface area contributed by atoms with Gasteiger partial charge in [0.2, 0.25) is 6.08 Å². The van der Waals surface area contributed by atoms with Crippen LogP contribution in [0.1, 0.15) is 43.2 Å². The van der Waals surface area contributed by atoms with Gasteiger partial charge in [0, 0.05) is 0 Å². The van der Waals surface area contributed by atoms with Gasteiger partial charge in [0.1, 0.15) is 5.54 Å². The van der Waals surface area contributed by atoms with Gasteiger partial charge in [0.05, 0.1) is 0 Å². The van der Waals surface area contributed by atoms with Gasteiger partial charge in [0.15, 0.2) is 0 Å². The zero-order valence-electron chi connectivity index (χ0n) is 10.6. The molecule has 0 aromatic heterocycles. The molecule has 0 amide bonds. The highest BCUT2D eigenvalue weighted by Gasteiger charge is 2.46. The van der Waals surface area contributed by atoms with Crippen LogP contribution in [0.5, 0.6) is 0 Å². The first-order valence-electron chi connectivity index (χ1n) is 6.61. The van der Waals surface area contributed by atoms with Crippen LogP contribution in [0.2, 0.25) is 0 Å². The number of hydrogen-bond acceptors (Lipinski definition) is 2. The Morgan fingerprint density at radius 1 is 1.33 bits per heavy atom. The lowest BCUT2D eigenvalue weighted by Gasteiger charge is -2.45. The lowest BCUT2D eigenvalue weighted by atomic mass is 9.62. The average Bonchev–Trinajstić information content (AvgIpc) is 2.41. The summed E-state index contributed by atoms with van der Waals surface area (Å²) in [5.74, 6) is 0.988. The second-order valence-corrected chi connectivity index (χ2v) is 5.46. The van der Waals surface area contributed by atoms with Crippen molar-refractivity contribution in [2.75, 3.05) is 0 Å².